The van der Waals surface area contributed by atoms with Gasteiger partial charge in [-0.25, -0.2) is 14.6 Å². The zero-order valence-electron chi connectivity index (χ0n) is 15.2. The number of H-pyrrole nitrogens is 1. The summed E-state index contributed by atoms with van der Waals surface area (Å²) in [5, 5.41) is 12.0. The molecule has 1 fully saturated rings. The standard InChI is InChI=1S/C19H26N4O3/c1-3-12(2)16(18(24)25)22-19(26)23-10-8-13(9-11-23)17-20-14-6-4-5-7-15(14)21-17/h4-7,12-13,16H,3,8-11H2,1-2H3,(H,20,21)(H,22,26)(H,24,25)/t12-,16-/m0/s1. The highest BCUT2D eigenvalue weighted by Crippen LogP contribution is 2.27. The average Bonchev–Trinajstić information content (AvgIpc) is 3.09. The van der Waals surface area contributed by atoms with Gasteiger partial charge in [-0.05, 0) is 30.9 Å². The molecule has 140 valence electrons. The maximum Gasteiger partial charge on any atom is 0.326 e. The predicted octanol–water partition coefficient (Wildman–Crippen LogP) is 2.95. The van der Waals surface area contributed by atoms with Gasteiger partial charge in [-0.2, -0.15) is 0 Å². The van der Waals surface area contributed by atoms with Gasteiger partial charge in [0.05, 0.1) is 11.0 Å². The van der Waals surface area contributed by atoms with E-state index in [2.05, 4.69) is 15.3 Å². The molecule has 2 atom stereocenters. The predicted molar refractivity (Wildman–Crippen MR) is 99.1 cm³/mol. The van der Waals surface area contributed by atoms with Crippen LogP contribution in [0.4, 0.5) is 4.79 Å². The van der Waals surface area contributed by atoms with Crippen molar-refractivity contribution in [3.63, 3.8) is 0 Å². The van der Waals surface area contributed by atoms with Gasteiger partial charge in [-0.1, -0.05) is 32.4 Å². The van der Waals surface area contributed by atoms with E-state index in [9.17, 15) is 14.7 Å². The van der Waals surface area contributed by atoms with Gasteiger partial charge >= 0.3 is 12.0 Å². The van der Waals surface area contributed by atoms with Gasteiger partial charge in [0.2, 0.25) is 0 Å². The summed E-state index contributed by atoms with van der Waals surface area (Å²) >= 11 is 0. The van der Waals surface area contributed by atoms with Crippen molar-refractivity contribution in [2.45, 2.75) is 45.1 Å². The third-order valence-corrected chi connectivity index (χ3v) is 5.33. The molecule has 0 spiro atoms. The Bertz CT molecular complexity index is 747. The van der Waals surface area contributed by atoms with Gasteiger partial charge < -0.3 is 20.3 Å². The minimum atomic E-state index is -0.982. The number of rotatable bonds is 5. The summed E-state index contributed by atoms with van der Waals surface area (Å²) in [6.07, 6.45) is 2.33. The Hall–Kier alpha value is -2.57. The molecule has 3 N–H and O–H groups in total. The van der Waals surface area contributed by atoms with Crippen LogP contribution in [0.2, 0.25) is 0 Å². The number of carboxylic acid groups (broad SMARTS) is 1. The number of hydrogen-bond donors (Lipinski definition) is 3. The number of urea groups is 1. The van der Waals surface area contributed by atoms with Crippen LogP contribution in [0.25, 0.3) is 11.0 Å². The summed E-state index contributed by atoms with van der Waals surface area (Å²) in [5.41, 5.74) is 1.99. The van der Waals surface area contributed by atoms with Gasteiger partial charge in [0, 0.05) is 19.0 Å². The molecule has 2 heterocycles. The number of carbonyl (C=O) groups is 2. The molecule has 1 aromatic carbocycles. The Morgan fingerprint density at radius 3 is 2.65 bits per heavy atom. The summed E-state index contributed by atoms with van der Waals surface area (Å²) in [6.45, 7) is 4.96. The summed E-state index contributed by atoms with van der Waals surface area (Å²) in [6, 6.07) is 6.80. The number of benzene rings is 1. The van der Waals surface area contributed by atoms with Crippen molar-refractivity contribution >= 4 is 23.0 Å². The fourth-order valence-corrected chi connectivity index (χ4v) is 3.43. The molecular weight excluding hydrogens is 332 g/mol. The maximum atomic E-state index is 12.4. The highest BCUT2D eigenvalue weighted by Gasteiger charge is 2.30. The number of imidazole rings is 1. The molecule has 1 aliphatic rings. The number of aliphatic carboxylic acids is 1. The summed E-state index contributed by atoms with van der Waals surface area (Å²) < 4.78 is 0. The average molecular weight is 358 g/mol. The number of carboxylic acids is 1. The zero-order valence-corrected chi connectivity index (χ0v) is 15.2. The Morgan fingerprint density at radius 1 is 1.35 bits per heavy atom. The second kappa shape index (κ2) is 7.76. The number of fused-ring (bicyclic) bond motifs is 1. The lowest BCUT2D eigenvalue weighted by atomic mass is 9.96. The van der Waals surface area contributed by atoms with Crippen molar-refractivity contribution in [1.82, 2.24) is 20.2 Å². The second-order valence-corrected chi connectivity index (χ2v) is 7.05. The van der Waals surface area contributed by atoms with Crippen molar-refractivity contribution in [3.8, 4) is 0 Å². The van der Waals surface area contributed by atoms with Crippen LogP contribution in [-0.4, -0.2) is 51.1 Å². The van der Waals surface area contributed by atoms with Gasteiger partial charge in [0.15, 0.2) is 0 Å². The lowest BCUT2D eigenvalue weighted by Gasteiger charge is -2.32. The summed E-state index contributed by atoms with van der Waals surface area (Å²) in [7, 11) is 0. The molecule has 0 aliphatic carbocycles. The van der Waals surface area contributed by atoms with Crippen molar-refractivity contribution in [2.75, 3.05) is 13.1 Å². The van der Waals surface area contributed by atoms with Crippen LogP contribution in [0.1, 0.15) is 44.9 Å². The molecule has 1 aliphatic heterocycles. The fourth-order valence-electron chi connectivity index (χ4n) is 3.43. The number of nitrogens with one attached hydrogen (secondary N) is 2. The number of hydrogen-bond acceptors (Lipinski definition) is 3. The van der Waals surface area contributed by atoms with Gasteiger partial charge in [-0.3, -0.25) is 0 Å². The molecule has 26 heavy (non-hydrogen) atoms. The van der Waals surface area contributed by atoms with E-state index in [0.717, 1.165) is 29.7 Å². The van der Waals surface area contributed by atoms with Crippen molar-refractivity contribution in [2.24, 2.45) is 5.92 Å². The topological polar surface area (TPSA) is 98.3 Å². The first-order valence-corrected chi connectivity index (χ1v) is 9.22. The monoisotopic (exact) mass is 358 g/mol. The molecule has 2 amide bonds. The molecule has 0 saturated carbocycles. The SMILES string of the molecule is CC[C@H](C)[C@H](NC(=O)N1CCC(c2nc3ccccc3[nH]2)CC1)C(=O)O. The van der Waals surface area contributed by atoms with Gasteiger partial charge in [0.25, 0.3) is 0 Å². The molecule has 0 radical (unpaired) electrons. The van der Waals surface area contributed by atoms with Gasteiger partial charge in [0.1, 0.15) is 11.9 Å². The smallest absolute Gasteiger partial charge is 0.326 e. The van der Waals surface area contributed by atoms with E-state index in [4.69, 9.17) is 0 Å². The number of piperidine rings is 1. The largest absolute Gasteiger partial charge is 0.480 e. The van der Waals surface area contributed by atoms with Crippen molar-refractivity contribution in [1.29, 1.82) is 0 Å². The second-order valence-electron chi connectivity index (χ2n) is 7.05. The molecule has 7 heteroatoms. The van der Waals surface area contributed by atoms with Crippen LogP contribution in [-0.2, 0) is 4.79 Å². The summed E-state index contributed by atoms with van der Waals surface area (Å²) in [5.74, 6) is 0.167. The van der Waals surface area contributed by atoms with E-state index in [0.29, 0.717) is 19.5 Å². The van der Waals surface area contributed by atoms with E-state index in [1.807, 2.05) is 38.1 Å². The number of aromatic nitrogens is 2. The maximum absolute atomic E-state index is 12.4. The molecular formula is C19H26N4O3. The molecule has 0 bridgehead atoms. The number of aromatic amines is 1. The van der Waals surface area contributed by atoms with Crippen LogP contribution in [0, 0.1) is 5.92 Å². The van der Waals surface area contributed by atoms with Crippen LogP contribution in [0.15, 0.2) is 24.3 Å². The zero-order chi connectivity index (χ0) is 18.7. The van der Waals surface area contributed by atoms with Crippen LogP contribution < -0.4 is 5.32 Å². The van der Waals surface area contributed by atoms with Crippen molar-refractivity contribution in [3.05, 3.63) is 30.1 Å². The number of para-hydroxylation sites is 2. The molecule has 7 nitrogen and oxygen atoms in total. The number of carbonyl (C=O) groups excluding carboxylic acids is 1. The van der Waals surface area contributed by atoms with Crippen LogP contribution in [0.5, 0.6) is 0 Å². The molecule has 3 rings (SSSR count). The number of amides is 2. The van der Waals surface area contributed by atoms with Crippen LogP contribution in [0.3, 0.4) is 0 Å². The normalized spacial score (nSPS) is 17.8. The summed E-state index contributed by atoms with van der Waals surface area (Å²) in [4.78, 5) is 33.6. The quantitative estimate of drug-likeness (QED) is 0.765. The lowest BCUT2D eigenvalue weighted by Crippen LogP contribution is -2.52. The number of nitrogens with zero attached hydrogens (tertiary/aromatic N) is 2. The van der Waals surface area contributed by atoms with E-state index in [-0.39, 0.29) is 17.9 Å². The van der Waals surface area contributed by atoms with Crippen LogP contribution >= 0.6 is 0 Å². The first kappa shape index (κ1) is 18.2. The Morgan fingerprint density at radius 2 is 2.04 bits per heavy atom. The van der Waals surface area contributed by atoms with Crippen molar-refractivity contribution < 1.29 is 14.7 Å². The van der Waals surface area contributed by atoms with Gasteiger partial charge in [-0.15, -0.1) is 0 Å². The Labute approximate surface area is 152 Å². The molecule has 2 aromatic rings. The Kier molecular flexibility index (Phi) is 5.44. The minimum Gasteiger partial charge on any atom is -0.480 e. The third kappa shape index (κ3) is 3.81. The molecule has 1 saturated heterocycles. The van der Waals surface area contributed by atoms with E-state index in [1.165, 1.54) is 0 Å². The lowest BCUT2D eigenvalue weighted by molar-refractivity contribution is -0.140. The van der Waals surface area contributed by atoms with E-state index < -0.39 is 12.0 Å². The molecule has 0 unspecified atom stereocenters. The minimum absolute atomic E-state index is 0.107. The Balaban J connectivity index is 1.59. The highest BCUT2D eigenvalue weighted by atomic mass is 16.4. The van der Waals surface area contributed by atoms with E-state index >= 15 is 0 Å². The number of likely N-dealkylation sites (tertiary alicyclic amines) is 1. The third-order valence-electron chi connectivity index (χ3n) is 5.33. The first-order valence-electron chi connectivity index (χ1n) is 9.22. The highest BCUT2D eigenvalue weighted by molar-refractivity contribution is 5.83. The fraction of sp³-hybridized carbons (Fsp3) is 0.526. The van der Waals surface area contributed by atoms with E-state index in [1.54, 1.807) is 4.90 Å². The molecule has 1 aromatic heterocycles. The first-order chi connectivity index (χ1) is 12.5.